The van der Waals surface area contributed by atoms with Crippen LogP contribution in [0.3, 0.4) is 0 Å². The zero-order valence-electron chi connectivity index (χ0n) is 20.4. The normalized spacial score (nSPS) is 15.9. The van der Waals surface area contributed by atoms with Crippen LogP contribution in [0, 0.1) is 13.8 Å². The molecule has 3 aromatic carbocycles. The van der Waals surface area contributed by atoms with E-state index in [1.54, 1.807) is 0 Å². The van der Waals surface area contributed by atoms with E-state index < -0.39 is 0 Å². The summed E-state index contributed by atoms with van der Waals surface area (Å²) in [4.78, 5) is 6.87. The number of benzene rings is 3. The number of aromatic nitrogens is 2. The van der Waals surface area contributed by atoms with Gasteiger partial charge < -0.3 is 9.84 Å². The molecule has 1 N–H and O–H groups in total. The van der Waals surface area contributed by atoms with Gasteiger partial charge in [0, 0.05) is 16.9 Å². The van der Waals surface area contributed by atoms with E-state index in [9.17, 15) is 0 Å². The highest BCUT2D eigenvalue weighted by atomic mass is 32.1. The average Bonchev–Trinajstić information content (AvgIpc) is 3.34. The molecule has 1 aliphatic rings. The lowest BCUT2D eigenvalue weighted by Crippen LogP contribution is -2.46. The van der Waals surface area contributed by atoms with Crippen LogP contribution in [-0.4, -0.2) is 15.3 Å². The van der Waals surface area contributed by atoms with Crippen molar-refractivity contribution in [2.75, 3.05) is 4.90 Å². The minimum Gasteiger partial charge on any atom is -0.351 e. The number of nitrogens with zero attached hydrogens (tertiary/aromatic N) is 3. The van der Waals surface area contributed by atoms with Gasteiger partial charge in [-0.25, -0.2) is 0 Å². The Bertz CT molecular complexity index is 1400. The highest BCUT2D eigenvalue weighted by molar-refractivity contribution is 7.80. The summed E-state index contributed by atoms with van der Waals surface area (Å²) < 4.78 is 5.87. The predicted molar refractivity (Wildman–Crippen MR) is 145 cm³/mol. The van der Waals surface area contributed by atoms with Crippen LogP contribution in [0.4, 0.5) is 5.69 Å². The summed E-state index contributed by atoms with van der Waals surface area (Å²) in [5.41, 5.74) is 8.51. The van der Waals surface area contributed by atoms with Crippen molar-refractivity contribution in [2.45, 2.75) is 40.2 Å². The number of nitrogens with one attached hydrogen (secondary N) is 1. The first-order chi connectivity index (χ1) is 16.9. The van der Waals surface area contributed by atoms with Gasteiger partial charge in [-0.15, -0.1) is 0 Å². The molecule has 1 aliphatic heterocycles. The molecule has 0 fully saturated rings. The molecule has 4 aromatic rings. The molecule has 5 nitrogen and oxygen atoms in total. The van der Waals surface area contributed by atoms with E-state index >= 15 is 0 Å². The van der Waals surface area contributed by atoms with Gasteiger partial charge in [0.2, 0.25) is 5.82 Å². The lowest BCUT2D eigenvalue weighted by Gasteiger charge is -2.37. The second-order valence-corrected chi connectivity index (χ2v) is 9.33. The SMILES string of the molecule is CCc1ccc(N2C(=S)NC(c3ccc(C)cc3)C(c3nc(-c4cccc(C)c4)no3)=C2C)cc1. The Kier molecular flexibility index (Phi) is 6.22. The minimum absolute atomic E-state index is 0.208. The lowest BCUT2D eigenvalue weighted by molar-refractivity contribution is 0.404. The van der Waals surface area contributed by atoms with Crippen LogP contribution in [0.15, 0.2) is 83.0 Å². The van der Waals surface area contributed by atoms with Crippen molar-refractivity contribution in [2.24, 2.45) is 0 Å². The topological polar surface area (TPSA) is 54.2 Å². The average molecular weight is 481 g/mol. The third kappa shape index (κ3) is 4.49. The number of thiocarbonyl (C=S) groups is 1. The van der Waals surface area contributed by atoms with E-state index in [2.05, 4.69) is 98.8 Å². The molecule has 2 heterocycles. The Hall–Kier alpha value is -3.77. The van der Waals surface area contributed by atoms with E-state index in [1.165, 1.54) is 11.1 Å². The quantitative estimate of drug-likeness (QED) is 0.318. The van der Waals surface area contributed by atoms with Crippen molar-refractivity contribution < 1.29 is 4.52 Å². The van der Waals surface area contributed by atoms with E-state index in [0.29, 0.717) is 16.8 Å². The first-order valence-corrected chi connectivity index (χ1v) is 12.2. The van der Waals surface area contributed by atoms with E-state index in [-0.39, 0.29) is 6.04 Å². The molecule has 0 spiro atoms. The Labute approximate surface area is 211 Å². The largest absolute Gasteiger partial charge is 0.351 e. The van der Waals surface area contributed by atoms with Gasteiger partial charge in [-0.1, -0.05) is 77.8 Å². The molecule has 1 unspecified atom stereocenters. The molecule has 0 saturated heterocycles. The van der Waals surface area contributed by atoms with Crippen LogP contribution >= 0.6 is 12.2 Å². The van der Waals surface area contributed by atoms with Crippen LogP contribution in [-0.2, 0) is 6.42 Å². The van der Waals surface area contributed by atoms with Crippen LogP contribution in [0.1, 0.15) is 48.0 Å². The molecular weight excluding hydrogens is 452 g/mol. The highest BCUT2D eigenvalue weighted by Crippen LogP contribution is 2.39. The fourth-order valence-electron chi connectivity index (χ4n) is 4.45. The zero-order valence-corrected chi connectivity index (χ0v) is 21.2. The summed E-state index contributed by atoms with van der Waals surface area (Å²) >= 11 is 5.86. The number of aryl methyl sites for hydroxylation is 3. The van der Waals surface area contributed by atoms with Crippen molar-refractivity contribution in [3.63, 3.8) is 0 Å². The van der Waals surface area contributed by atoms with Gasteiger partial charge in [-0.05, 0) is 68.7 Å². The second-order valence-electron chi connectivity index (χ2n) is 8.94. The summed E-state index contributed by atoms with van der Waals surface area (Å²) in [6, 6.07) is 24.8. The molecule has 6 heteroatoms. The number of hydrogen-bond acceptors (Lipinski definition) is 4. The number of rotatable bonds is 5. The zero-order chi connectivity index (χ0) is 24.5. The first kappa shape index (κ1) is 23.0. The molecule has 0 bridgehead atoms. The molecule has 35 heavy (non-hydrogen) atoms. The highest BCUT2D eigenvalue weighted by Gasteiger charge is 2.34. The number of allylic oxidation sites excluding steroid dienone is 1. The summed E-state index contributed by atoms with van der Waals surface area (Å²) in [6.45, 7) is 8.35. The monoisotopic (exact) mass is 480 g/mol. The molecule has 5 rings (SSSR count). The molecule has 1 aromatic heterocycles. The van der Waals surface area contributed by atoms with Crippen molar-refractivity contribution >= 4 is 28.6 Å². The third-order valence-electron chi connectivity index (χ3n) is 6.43. The number of hydrogen-bond donors (Lipinski definition) is 1. The summed E-state index contributed by atoms with van der Waals surface area (Å²) in [7, 11) is 0. The smallest absolute Gasteiger partial charge is 0.258 e. The van der Waals surface area contributed by atoms with Crippen molar-refractivity contribution in [1.82, 2.24) is 15.5 Å². The van der Waals surface area contributed by atoms with Gasteiger partial charge in [0.1, 0.15) is 0 Å². The molecule has 1 atom stereocenters. The molecule has 0 amide bonds. The molecule has 176 valence electrons. The van der Waals surface area contributed by atoms with Gasteiger partial charge in [-0.2, -0.15) is 4.98 Å². The van der Waals surface area contributed by atoms with Crippen LogP contribution < -0.4 is 10.2 Å². The Morgan fingerprint density at radius 1 is 0.943 bits per heavy atom. The van der Waals surface area contributed by atoms with E-state index in [0.717, 1.165) is 40.1 Å². The third-order valence-corrected chi connectivity index (χ3v) is 6.73. The Balaban J connectivity index is 1.64. The van der Waals surface area contributed by atoms with Gasteiger partial charge in [-0.3, -0.25) is 4.90 Å². The first-order valence-electron chi connectivity index (χ1n) is 11.8. The second kappa shape index (κ2) is 9.47. The predicted octanol–water partition coefficient (Wildman–Crippen LogP) is 6.78. The van der Waals surface area contributed by atoms with Gasteiger partial charge in [0.15, 0.2) is 5.11 Å². The molecule has 0 saturated carbocycles. The van der Waals surface area contributed by atoms with Crippen molar-refractivity contribution in [3.8, 4) is 11.4 Å². The molecular formula is C29H28N4OS. The summed E-state index contributed by atoms with van der Waals surface area (Å²) in [5, 5.41) is 8.50. The van der Waals surface area contributed by atoms with Crippen LogP contribution in [0.2, 0.25) is 0 Å². The molecule has 0 radical (unpaired) electrons. The minimum atomic E-state index is -0.208. The van der Waals surface area contributed by atoms with E-state index in [1.807, 2.05) is 17.0 Å². The van der Waals surface area contributed by atoms with Crippen LogP contribution in [0.5, 0.6) is 0 Å². The van der Waals surface area contributed by atoms with Gasteiger partial charge in [0.25, 0.3) is 5.89 Å². The Morgan fingerprint density at radius 2 is 1.69 bits per heavy atom. The maximum absolute atomic E-state index is 5.87. The van der Waals surface area contributed by atoms with Gasteiger partial charge >= 0.3 is 0 Å². The number of anilines is 1. The van der Waals surface area contributed by atoms with Crippen molar-refractivity contribution in [1.29, 1.82) is 0 Å². The van der Waals surface area contributed by atoms with E-state index in [4.69, 9.17) is 21.7 Å². The lowest BCUT2D eigenvalue weighted by atomic mass is 9.94. The van der Waals surface area contributed by atoms with Crippen molar-refractivity contribution in [3.05, 3.63) is 107 Å². The summed E-state index contributed by atoms with van der Waals surface area (Å²) in [6.07, 6.45) is 0.988. The van der Waals surface area contributed by atoms with Crippen LogP contribution in [0.25, 0.3) is 17.0 Å². The maximum Gasteiger partial charge on any atom is 0.258 e. The fourth-order valence-corrected chi connectivity index (χ4v) is 4.82. The summed E-state index contributed by atoms with van der Waals surface area (Å²) in [5.74, 6) is 1.05. The fraction of sp³-hybridized carbons (Fsp3) is 0.207. The van der Waals surface area contributed by atoms with Gasteiger partial charge in [0.05, 0.1) is 11.6 Å². The maximum atomic E-state index is 5.87. The Morgan fingerprint density at radius 3 is 2.37 bits per heavy atom. The molecule has 0 aliphatic carbocycles. The standard InChI is InChI=1S/C29H28N4OS/c1-5-21-11-15-24(16-12-21)33-20(4)25(26(30-29(33)35)22-13-9-18(2)10-14-22)28-31-27(32-34-28)23-8-6-7-19(3)17-23/h6-17,26H,5H2,1-4H3,(H,30,35).